The highest BCUT2D eigenvalue weighted by atomic mass is 32.2. The molecule has 26 heavy (non-hydrogen) atoms. The summed E-state index contributed by atoms with van der Waals surface area (Å²) < 4.78 is 42.7. The van der Waals surface area contributed by atoms with Crippen LogP contribution in [0, 0.1) is 6.92 Å². The van der Waals surface area contributed by atoms with Crippen molar-refractivity contribution in [3.8, 4) is 23.1 Å². The van der Waals surface area contributed by atoms with E-state index in [0.29, 0.717) is 11.6 Å². The van der Waals surface area contributed by atoms with Gasteiger partial charge in [-0.05, 0) is 12.1 Å². The molecule has 0 aliphatic rings. The zero-order valence-electron chi connectivity index (χ0n) is 14.3. The van der Waals surface area contributed by atoms with Crippen LogP contribution in [0.5, 0.6) is 11.9 Å². The van der Waals surface area contributed by atoms with Gasteiger partial charge in [0, 0.05) is 12.5 Å². The predicted octanol–water partition coefficient (Wildman–Crippen LogP) is 2.26. The van der Waals surface area contributed by atoms with Gasteiger partial charge in [-0.1, -0.05) is 12.1 Å². The number of nitrogens with one attached hydrogen (secondary N) is 1. The molecule has 136 valence electrons. The summed E-state index contributed by atoms with van der Waals surface area (Å²) in [5.74, 6) is 0.583. The predicted molar refractivity (Wildman–Crippen MR) is 92.6 cm³/mol. The number of hydrogen-bond acceptors (Lipinski definition) is 8. The highest BCUT2D eigenvalue weighted by Gasteiger charge is 2.18. The maximum absolute atomic E-state index is 12.6. The fourth-order valence-electron chi connectivity index (χ4n) is 2.18. The Bertz CT molecular complexity index is 1020. The van der Waals surface area contributed by atoms with E-state index in [1.807, 2.05) is 0 Å². The third kappa shape index (κ3) is 3.59. The van der Waals surface area contributed by atoms with Crippen LogP contribution in [0.3, 0.4) is 0 Å². The second-order valence-electron chi connectivity index (χ2n) is 5.16. The summed E-state index contributed by atoms with van der Waals surface area (Å²) in [7, 11) is -1.09. The van der Waals surface area contributed by atoms with E-state index >= 15 is 0 Å². The molecule has 0 spiro atoms. The molecule has 0 aliphatic heterocycles. The third-order valence-corrected chi connectivity index (χ3v) is 4.81. The number of methoxy groups -OCH3 is 2. The van der Waals surface area contributed by atoms with E-state index in [4.69, 9.17) is 13.9 Å². The Morgan fingerprint density at radius 3 is 2.38 bits per heavy atom. The van der Waals surface area contributed by atoms with Gasteiger partial charge in [-0.15, -0.1) is 0 Å². The quantitative estimate of drug-likeness (QED) is 0.696. The van der Waals surface area contributed by atoms with Gasteiger partial charge in [0.1, 0.15) is 17.6 Å². The van der Waals surface area contributed by atoms with E-state index in [2.05, 4.69) is 19.7 Å². The molecule has 1 aromatic carbocycles. The number of ether oxygens (including phenoxy) is 2. The zero-order chi connectivity index (χ0) is 18.7. The van der Waals surface area contributed by atoms with Crippen LogP contribution < -0.4 is 14.2 Å². The molecule has 10 heteroatoms. The number of rotatable bonds is 6. The Hall–Kier alpha value is -3.14. The number of hydrogen-bond donors (Lipinski definition) is 1. The number of aromatic nitrogens is 3. The van der Waals surface area contributed by atoms with Gasteiger partial charge < -0.3 is 13.9 Å². The minimum absolute atomic E-state index is 0.0510. The van der Waals surface area contributed by atoms with Crippen molar-refractivity contribution >= 4 is 15.7 Å². The van der Waals surface area contributed by atoms with E-state index in [1.54, 1.807) is 19.1 Å². The lowest BCUT2D eigenvalue weighted by Crippen LogP contribution is -2.14. The SMILES string of the molecule is COc1ncc(NS(=O)(=O)c2ccc(-c3coc(C)n3)cc2)c(OC)n1. The van der Waals surface area contributed by atoms with Crippen molar-refractivity contribution in [2.75, 3.05) is 18.9 Å². The number of sulfonamides is 1. The third-order valence-electron chi connectivity index (χ3n) is 3.43. The van der Waals surface area contributed by atoms with Gasteiger partial charge in [0.05, 0.1) is 25.3 Å². The fraction of sp³-hybridized carbons (Fsp3) is 0.188. The number of oxazole rings is 1. The highest BCUT2D eigenvalue weighted by molar-refractivity contribution is 7.92. The van der Waals surface area contributed by atoms with Gasteiger partial charge in [-0.3, -0.25) is 4.72 Å². The first kappa shape index (κ1) is 17.7. The van der Waals surface area contributed by atoms with Crippen LogP contribution in [0.2, 0.25) is 0 Å². The van der Waals surface area contributed by atoms with Gasteiger partial charge in [-0.25, -0.2) is 18.4 Å². The number of aryl methyl sites for hydroxylation is 1. The first-order valence-electron chi connectivity index (χ1n) is 7.43. The zero-order valence-corrected chi connectivity index (χ0v) is 15.1. The Kier molecular flexibility index (Phi) is 4.76. The molecule has 3 rings (SSSR count). The van der Waals surface area contributed by atoms with Crippen LogP contribution in [0.4, 0.5) is 5.69 Å². The van der Waals surface area contributed by atoms with Crippen molar-refractivity contribution in [2.24, 2.45) is 0 Å². The van der Waals surface area contributed by atoms with Crippen LogP contribution in [-0.2, 0) is 10.0 Å². The van der Waals surface area contributed by atoms with E-state index in [1.165, 1.54) is 38.8 Å². The van der Waals surface area contributed by atoms with Crippen molar-refractivity contribution in [1.82, 2.24) is 15.0 Å². The van der Waals surface area contributed by atoms with Crippen LogP contribution in [0.25, 0.3) is 11.3 Å². The largest absolute Gasteiger partial charge is 0.479 e. The van der Waals surface area contributed by atoms with Crippen molar-refractivity contribution in [1.29, 1.82) is 0 Å². The molecule has 0 saturated heterocycles. The van der Waals surface area contributed by atoms with Crippen molar-refractivity contribution in [3.05, 3.63) is 42.6 Å². The molecule has 1 N–H and O–H groups in total. The van der Waals surface area contributed by atoms with Gasteiger partial charge >= 0.3 is 6.01 Å². The summed E-state index contributed by atoms with van der Waals surface area (Å²) in [4.78, 5) is 12.1. The molecule has 0 atom stereocenters. The highest BCUT2D eigenvalue weighted by Crippen LogP contribution is 2.26. The minimum atomic E-state index is -3.85. The molecular weight excluding hydrogens is 360 g/mol. The Labute approximate surface area is 150 Å². The molecule has 0 radical (unpaired) electrons. The first-order valence-corrected chi connectivity index (χ1v) is 8.91. The Balaban J connectivity index is 1.86. The van der Waals surface area contributed by atoms with Gasteiger partial charge in [0.15, 0.2) is 5.89 Å². The fourth-order valence-corrected chi connectivity index (χ4v) is 3.22. The van der Waals surface area contributed by atoms with Crippen LogP contribution >= 0.6 is 0 Å². The maximum Gasteiger partial charge on any atom is 0.319 e. The standard InChI is InChI=1S/C16H16N4O5S/c1-10-18-14(9-25-10)11-4-6-12(7-5-11)26(21,22)20-13-8-17-16(24-3)19-15(13)23-2/h4-9,20H,1-3H3. The lowest BCUT2D eigenvalue weighted by atomic mass is 10.2. The second-order valence-corrected chi connectivity index (χ2v) is 6.84. The number of benzene rings is 1. The van der Waals surface area contributed by atoms with Crippen molar-refractivity contribution in [3.63, 3.8) is 0 Å². The van der Waals surface area contributed by atoms with E-state index < -0.39 is 10.0 Å². The summed E-state index contributed by atoms with van der Waals surface area (Å²) in [5, 5.41) is 0. The summed E-state index contributed by atoms with van der Waals surface area (Å²) in [6.07, 6.45) is 2.78. The number of anilines is 1. The molecule has 0 aliphatic carbocycles. The Morgan fingerprint density at radius 2 is 1.81 bits per heavy atom. The lowest BCUT2D eigenvalue weighted by molar-refractivity contribution is 0.353. The summed E-state index contributed by atoms with van der Waals surface area (Å²) in [6, 6.07) is 6.30. The van der Waals surface area contributed by atoms with E-state index in [0.717, 1.165) is 5.56 Å². The first-order chi connectivity index (χ1) is 12.4. The summed E-state index contributed by atoms with van der Waals surface area (Å²) in [6.45, 7) is 1.73. The average molecular weight is 376 g/mol. The van der Waals surface area contributed by atoms with Crippen molar-refractivity contribution in [2.45, 2.75) is 11.8 Å². The molecule has 0 saturated carbocycles. The van der Waals surface area contributed by atoms with Crippen LogP contribution in [0.15, 0.2) is 46.0 Å². The van der Waals surface area contributed by atoms with Crippen molar-refractivity contribution < 1.29 is 22.3 Å². The lowest BCUT2D eigenvalue weighted by Gasteiger charge is -2.11. The van der Waals surface area contributed by atoms with Gasteiger partial charge in [0.2, 0.25) is 5.88 Å². The minimum Gasteiger partial charge on any atom is -0.479 e. The molecule has 2 heterocycles. The average Bonchev–Trinajstić information content (AvgIpc) is 3.08. The second kappa shape index (κ2) is 7.00. The van der Waals surface area contributed by atoms with E-state index in [-0.39, 0.29) is 22.5 Å². The Morgan fingerprint density at radius 1 is 1.08 bits per heavy atom. The van der Waals surface area contributed by atoms with Gasteiger partial charge in [-0.2, -0.15) is 4.98 Å². The maximum atomic E-state index is 12.6. The molecule has 0 amide bonds. The molecule has 0 fully saturated rings. The molecule has 0 bridgehead atoms. The monoisotopic (exact) mass is 376 g/mol. The molecule has 9 nitrogen and oxygen atoms in total. The smallest absolute Gasteiger partial charge is 0.319 e. The van der Waals surface area contributed by atoms with Crippen LogP contribution in [-0.4, -0.2) is 37.6 Å². The molecule has 2 aromatic heterocycles. The normalized spacial score (nSPS) is 11.2. The van der Waals surface area contributed by atoms with Crippen LogP contribution in [0.1, 0.15) is 5.89 Å². The molecule has 3 aromatic rings. The molecular formula is C16H16N4O5S. The molecule has 0 unspecified atom stereocenters. The topological polar surface area (TPSA) is 116 Å². The van der Waals surface area contributed by atoms with Gasteiger partial charge in [0.25, 0.3) is 10.0 Å². The number of nitrogens with zero attached hydrogens (tertiary/aromatic N) is 3. The van der Waals surface area contributed by atoms with E-state index in [9.17, 15) is 8.42 Å². The summed E-state index contributed by atoms with van der Waals surface area (Å²) >= 11 is 0. The summed E-state index contributed by atoms with van der Waals surface area (Å²) in [5.41, 5.74) is 1.47.